The van der Waals surface area contributed by atoms with E-state index in [9.17, 15) is 23.1 Å². The van der Waals surface area contributed by atoms with Gasteiger partial charge in [-0.3, -0.25) is 20.5 Å². The molecule has 0 saturated heterocycles. The molecule has 11 heteroatoms. The van der Waals surface area contributed by atoms with Gasteiger partial charge in [-0.15, -0.1) is 0 Å². The first-order valence-electron chi connectivity index (χ1n) is 9.72. The van der Waals surface area contributed by atoms with Crippen molar-refractivity contribution in [3.8, 4) is 0 Å². The number of aliphatic hydroxyl groups excluding tert-OH is 1. The number of aliphatic hydroxyl groups is 1. The molecule has 2 aliphatic heterocycles. The van der Waals surface area contributed by atoms with Crippen LogP contribution in [-0.4, -0.2) is 66.1 Å². The minimum Gasteiger partial charge on any atom is -0.388 e. The molecule has 2 heterocycles. The highest BCUT2D eigenvalue weighted by Gasteiger charge is 2.44. The van der Waals surface area contributed by atoms with Crippen LogP contribution in [0.15, 0.2) is 27.0 Å². The molecule has 4 aliphatic rings. The highest BCUT2D eigenvalue weighted by Crippen LogP contribution is 2.28. The highest BCUT2D eigenvalue weighted by atomic mass is 19.1. The van der Waals surface area contributed by atoms with Gasteiger partial charge in [0.2, 0.25) is 0 Å². The minimum absolute atomic E-state index is 0.00566. The normalized spacial score (nSPS) is 38.6. The second-order valence-corrected chi connectivity index (χ2v) is 7.74. The third-order valence-corrected chi connectivity index (χ3v) is 5.83. The van der Waals surface area contributed by atoms with E-state index in [0.717, 1.165) is 0 Å². The molecule has 2 aliphatic carbocycles. The third kappa shape index (κ3) is 4.06. The molecule has 0 spiro atoms. The van der Waals surface area contributed by atoms with E-state index in [0.29, 0.717) is 12.3 Å². The lowest BCUT2D eigenvalue weighted by atomic mass is 9.91. The van der Waals surface area contributed by atoms with Crippen molar-refractivity contribution in [3.63, 3.8) is 0 Å². The molecule has 158 valence electrons. The first kappa shape index (κ1) is 20.0. The molecule has 4 unspecified atom stereocenters. The van der Waals surface area contributed by atoms with Crippen molar-refractivity contribution in [2.24, 2.45) is 26.9 Å². The molecular weight excluding hydrogens is 389 g/mol. The van der Waals surface area contributed by atoms with Crippen molar-refractivity contribution in [2.75, 3.05) is 6.54 Å². The largest absolute Gasteiger partial charge is 0.388 e. The Morgan fingerprint density at radius 3 is 2.90 bits per heavy atom. The second kappa shape index (κ2) is 8.23. The Kier molecular flexibility index (Phi) is 5.68. The van der Waals surface area contributed by atoms with Gasteiger partial charge >= 0.3 is 0 Å². The van der Waals surface area contributed by atoms with Crippen LogP contribution in [0, 0.1) is 11.8 Å². The van der Waals surface area contributed by atoms with Gasteiger partial charge in [0, 0.05) is 24.9 Å². The molecule has 0 aromatic carbocycles. The van der Waals surface area contributed by atoms with E-state index in [1.54, 1.807) is 0 Å². The topological polar surface area (TPSA) is 110 Å². The third-order valence-electron chi connectivity index (χ3n) is 5.83. The maximum atomic E-state index is 14.0. The van der Waals surface area contributed by atoms with Crippen molar-refractivity contribution >= 4 is 23.8 Å². The summed E-state index contributed by atoms with van der Waals surface area (Å²) in [5.41, 5.74) is 2.79. The second-order valence-electron chi connectivity index (χ2n) is 7.74. The number of halogens is 3. The van der Waals surface area contributed by atoms with Gasteiger partial charge in [-0.2, -0.15) is 5.10 Å². The Hall–Kier alpha value is -2.27. The molecule has 4 N–H and O–H groups in total. The van der Waals surface area contributed by atoms with Crippen molar-refractivity contribution < 1.29 is 23.1 Å². The predicted octanol–water partition coefficient (Wildman–Crippen LogP) is 0.497. The summed E-state index contributed by atoms with van der Waals surface area (Å²) in [5, 5.41) is 19.7. The quantitative estimate of drug-likeness (QED) is 0.527. The molecule has 1 fully saturated rings. The van der Waals surface area contributed by atoms with Gasteiger partial charge < -0.3 is 10.4 Å². The van der Waals surface area contributed by atoms with E-state index < -0.39 is 48.4 Å². The zero-order chi connectivity index (χ0) is 20.5. The fraction of sp³-hybridized carbons (Fsp3) is 0.667. The van der Waals surface area contributed by atoms with Crippen LogP contribution in [0.4, 0.5) is 13.2 Å². The summed E-state index contributed by atoms with van der Waals surface area (Å²) >= 11 is 0. The molecule has 4 rings (SSSR count). The Morgan fingerprint density at radius 2 is 2.14 bits per heavy atom. The Labute approximate surface area is 165 Å². The lowest BCUT2D eigenvalue weighted by molar-refractivity contribution is -0.115. The first-order valence-corrected chi connectivity index (χ1v) is 9.72. The summed E-state index contributed by atoms with van der Waals surface area (Å²) < 4.78 is 41.0. The van der Waals surface area contributed by atoms with Gasteiger partial charge in [0.15, 0.2) is 0 Å². The number of hydrogen-bond acceptors (Lipinski definition) is 7. The number of hydrogen-bond donors (Lipinski definition) is 4. The van der Waals surface area contributed by atoms with E-state index in [1.165, 1.54) is 12.4 Å². The number of nitrogens with one attached hydrogen (secondary N) is 3. The van der Waals surface area contributed by atoms with Crippen LogP contribution in [0.1, 0.15) is 25.7 Å². The Bertz CT molecular complexity index is 786. The number of allylic oxidation sites excluding steroid dienone is 2. The van der Waals surface area contributed by atoms with E-state index in [2.05, 4.69) is 31.1 Å². The summed E-state index contributed by atoms with van der Waals surface area (Å²) in [6.45, 7) is -0.0221. The number of carbonyl (C=O) groups excluding carboxylic acids is 1. The number of amides is 1. The van der Waals surface area contributed by atoms with Crippen molar-refractivity contribution in [1.29, 1.82) is 0 Å². The Morgan fingerprint density at radius 1 is 1.31 bits per heavy atom. The van der Waals surface area contributed by atoms with Crippen LogP contribution in [0.25, 0.3) is 0 Å². The number of aliphatic imine (C=N–C) groups is 2. The monoisotopic (exact) mass is 412 g/mol. The lowest BCUT2D eigenvalue weighted by Crippen LogP contribution is -2.53. The summed E-state index contributed by atoms with van der Waals surface area (Å²) in [4.78, 5) is 21.0. The smallest absolute Gasteiger partial charge is 0.268 e. The SMILES string of the molecule is O=C(NCC1CC(F)=CCC1F)C1=NNC2=NC=NC(N[C@@H]3CC[C@H](F)[C@H]3O)C21. The van der Waals surface area contributed by atoms with Crippen LogP contribution in [-0.2, 0) is 4.79 Å². The van der Waals surface area contributed by atoms with Crippen molar-refractivity contribution in [3.05, 3.63) is 11.9 Å². The number of hydrazone groups is 1. The molecule has 0 radical (unpaired) electrons. The maximum absolute atomic E-state index is 14.0. The number of carbonyl (C=O) groups is 1. The van der Waals surface area contributed by atoms with E-state index >= 15 is 0 Å². The molecular formula is C18H23F3N6O2. The average Bonchev–Trinajstić information content (AvgIpc) is 3.28. The standard InChI is InChI=1S/C18H23F3N6O2/c19-9-1-2-10(20)8(5-9)6-22-18(29)14-13-16(23-7-24-17(13)27-26-14)25-12-4-3-11(21)15(12)28/h1,7-8,10-13,15-16,25,28H,2-6H2,(H,22,29)(H,23,24,27)/t8?,10?,11-,12+,13?,15+,16?/m0/s1. The predicted molar refractivity (Wildman–Crippen MR) is 101 cm³/mol. The molecule has 7 atom stereocenters. The minimum atomic E-state index is -1.30. The fourth-order valence-corrected chi connectivity index (χ4v) is 4.12. The zero-order valence-electron chi connectivity index (χ0n) is 15.6. The molecule has 1 amide bonds. The highest BCUT2D eigenvalue weighted by molar-refractivity contribution is 6.45. The van der Waals surface area contributed by atoms with Gasteiger partial charge in [-0.05, 0) is 25.3 Å². The average molecular weight is 412 g/mol. The molecule has 29 heavy (non-hydrogen) atoms. The number of rotatable bonds is 5. The molecule has 0 aromatic heterocycles. The summed E-state index contributed by atoms with van der Waals surface area (Å²) in [6.07, 6.45) is -1.15. The Balaban J connectivity index is 1.40. The van der Waals surface area contributed by atoms with Gasteiger partial charge in [0.1, 0.15) is 48.4 Å². The van der Waals surface area contributed by atoms with Crippen LogP contribution in [0.2, 0.25) is 0 Å². The van der Waals surface area contributed by atoms with E-state index in [1.807, 2.05) is 0 Å². The van der Waals surface area contributed by atoms with Gasteiger partial charge in [0.25, 0.3) is 5.91 Å². The van der Waals surface area contributed by atoms with Crippen molar-refractivity contribution in [2.45, 2.75) is 56.3 Å². The van der Waals surface area contributed by atoms with Gasteiger partial charge in [-0.1, -0.05) is 0 Å². The number of amidine groups is 1. The molecule has 1 saturated carbocycles. The van der Waals surface area contributed by atoms with Gasteiger partial charge in [0.05, 0.1) is 5.83 Å². The van der Waals surface area contributed by atoms with E-state index in [4.69, 9.17) is 0 Å². The van der Waals surface area contributed by atoms with Crippen molar-refractivity contribution in [1.82, 2.24) is 16.1 Å². The number of nitrogens with zero attached hydrogens (tertiary/aromatic N) is 3. The molecule has 8 nitrogen and oxygen atoms in total. The summed E-state index contributed by atoms with van der Waals surface area (Å²) in [7, 11) is 0. The number of alkyl halides is 2. The summed E-state index contributed by atoms with van der Waals surface area (Å²) in [5.74, 6) is -1.79. The molecule has 0 bridgehead atoms. The maximum Gasteiger partial charge on any atom is 0.268 e. The first-order chi connectivity index (χ1) is 13.9. The molecule has 0 aromatic rings. The fourth-order valence-electron chi connectivity index (χ4n) is 4.12. The van der Waals surface area contributed by atoms with Crippen LogP contribution >= 0.6 is 0 Å². The van der Waals surface area contributed by atoms with Crippen LogP contribution < -0.4 is 16.1 Å². The number of fused-ring (bicyclic) bond motifs is 1. The summed E-state index contributed by atoms with van der Waals surface area (Å²) in [6, 6.07) is -0.499. The lowest BCUT2D eigenvalue weighted by Gasteiger charge is -2.28. The zero-order valence-corrected chi connectivity index (χ0v) is 15.6. The van der Waals surface area contributed by atoms with E-state index in [-0.39, 0.29) is 37.3 Å². The van der Waals surface area contributed by atoms with Crippen LogP contribution in [0.3, 0.4) is 0 Å². The van der Waals surface area contributed by atoms with Gasteiger partial charge in [-0.25, -0.2) is 18.2 Å². The van der Waals surface area contributed by atoms with Crippen LogP contribution in [0.5, 0.6) is 0 Å².